The number of hydrogen-bond acceptors (Lipinski definition) is 2. The number of aryl methyl sites for hydroxylation is 2. The van der Waals surface area contributed by atoms with Gasteiger partial charge in [0.2, 0.25) is 0 Å². The summed E-state index contributed by atoms with van der Waals surface area (Å²) in [5.74, 6) is 0. The summed E-state index contributed by atoms with van der Waals surface area (Å²) < 4.78 is 0. The topological polar surface area (TPSA) is 15.3 Å². The van der Waals surface area contributed by atoms with Crippen LogP contribution in [0.25, 0.3) is 0 Å². The van der Waals surface area contributed by atoms with Crippen molar-refractivity contribution < 1.29 is 0 Å². The molecule has 0 atom stereocenters. The van der Waals surface area contributed by atoms with Crippen molar-refractivity contribution in [3.05, 3.63) is 34.9 Å². The van der Waals surface area contributed by atoms with Gasteiger partial charge in [-0.05, 0) is 49.9 Å². The summed E-state index contributed by atoms with van der Waals surface area (Å²) in [7, 11) is 0. The molecule has 1 fully saturated rings. The van der Waals surface area contributed by atoms with Crippen molar-refractivity contribution in [2.75, 3.05) is 32.7 Å². The maximum atomic E-state index is 3.40. The van der Waals surface area contributed by atoms with Crippen LogP contribution in [0, 0.1) is 13.8 Å². The molecule has 94 valence electrons. The average Bonchev–Trinajstić information content (AvgIpc) is 2.36. The Balaban J connectivity index is 1.79. The van der Waals surface area contributed by atoms with Gasteiger partial charge in [-0.15, -0.1) is 0 Å². The Bertz CT molecular complexity index is 354. The van der Waals surface area contributed by atoms with E-state index in [0.29, 0.717) is 0 Å². The molecule has 1 aromatic rings. The van der Waals surface area contributed by atoms with E-state index in [4.69, 9.17) is 0 Å². The normalized spacial score (nSPS) is 17.3. The number of piperazine rings is 1. The first-order chi connectivity index (χ1) is 8.27. The fourth-order valence-corrected chi connectivity index (χ4v) is 2.51. The lowest BCUT2D eigenvalue weighted by Crippen LogP contribution is -2.43. The highest BCUT2D eigenvalue weighted by Gasteiger charge is 2.09. The van der Waals surface area contributed by atoms with E-state index in [9.17, 15) is 0 Å². The molecule has 0 spiro atoms. The van der Waals surface area contributed by atoms with Crippen LogP contribution in [0.5, 0.6) is 0 Å². The molecule has 1 aliphatic heterocycles. The fourth-order valence-electron chi connectivity index (χ4n) is 2.51. The third-order valence-corrected chi connectivity index (χ3v) is 3.85. The lowest BCUT2D eigenvalue weighted by Gasteiger charge is -2.27. The SMILES string of the molecule is Cc1cccc(CCCN2CCNCC2)c1C. The first-order valence-electron chi connectivity index (χ1n) is 6.75. The Morgan fingerprint density at radius 1 is 1.18 bits per heavy atom. The number of rotatable bonds is 4. The molecule has 0 radical (unpaired) electrons. The van der Waals surface area contributed by atoms with Crippen LogP contribution in [0.15, 0.2) is 18.2 Å². The van der Waals surface area contributed by atoms with Gasteiger partial charge in [-0.2, -0.15) is 0 Å². The van der Waals surface area contributed by atoms with Gasteiger partial charge in [0.1, 0.15) is 0 Å². The third kappa shape index (κ3) is 3.55. The van der Waals surface area contributed by atoms with Crippen LogP contribution in [-0.2, 0) is 6.42 Å². The molecule has 0 saturated carbocycles. The number of benzene rings is 1. The Labute approximate surface area is 105 Å². The van der Waals surface area contributed by atoms with Crippen LogP contribution in [0.4, 0.5) is 0 Å². The Morgan fingerprint density at radius 3 is 2.71 bits per heavy atom. The minimum absolute atomic E-state index is 1.16. The number of nitrogens with one attached hydrogen (secondary N) is 1. The lowest BCUT2D eigenvalue weighted by atomic mass is 10.00. The standard InChI is InChI=1S/C15H24N2/c1-13-5-3-6-15(14(13)2)7-4-10-17-11-8-16-9-12-17/h3,5-6,16H,4,7-12H2,1-2H3. The third-order valence-electron chi connectivity index (χ3n) is 3.85. The molecular weight excluding hydrogens is 208 g/mol. The van der Waals surface area contributed by atoms with Crippen LogP contribution in [0.2, 0.25) is 0 Å². The predicted octanol–water partition coefficient (Wildman–Crippen LogP) is 2.14. The van der Waals surface area contributed by atoms with Crippen molar-refractivity contribution in [2.45, 2.75) is 26.7 Å². The molecule has 1 N–H and O–H groups in total. The van der Waals surface area contributed by atoms with Gasteiger partial charge in [0, 0.05) is 26.2 Å². The Hall–Kier alpha value is -0.860. The van der Waals surface area contributed by atoms with Crippen molar-refractivity contribution in [2.24, 2.45) is 0 Å². The zero-order chi connectivity index (χ0) is 12.1. The van der Waals surface area contributed by atoms with E-state index in [1.165, 1.54) is 49.2 Å². The second-order valence-corrected chi connectivity index (χ2v) is 5.05. The van der Waals surface area contributed by atoms with Gasteiger partial charge in [-0.25, -0.2) is 0 Å². The minimum atomic E-state index is 1.16. The first-order valence-corrected chi connectivity index (χ1v) is 6.75. The van der Waals surface area contributed by atoms with Crippen LogP contribution in [-0.4, -0.2) is 37.6 Å². The minimum Gasteiger partial charge on any atom is -0.314 e. The van der Waals surface area contributed by atoms with E-state index >= 15 is 0 Å². The molecular formula is C15H24N2. The van der Waals surface area contributed by atoms with Crippen LogP contribution in [0.1, 0.15) is 23.1 Å². The second kappa shape index (κ2) is 6.18. The van der Waals surface area contributed by atoms with Crippen LogP contribution < -0.4 is 5.32 Å². The van der Waals surface area contributed by atoms with Crippen molar-refractivity contribution in [3.8, 4) is 0 Å². The van der Waals surface area contributed by atoms with Crippen molar-refractivity contribution in [1.29, 1.82) is 0 Å². The van der Waals surface area contributed by atoms with Crippen LogP contribution in [0.3, 0.4) is 0 Å². The summed E-state index contributed by atoms with van der Waals surface area (Å²) in [5.41, 5.74) is 4.43. The van der Waals surface area contributed by atoms with E-state index in [1.807, 2.05) is 0 Å². The summed E-state index contributed by atoms with van der Waals surface area (Å²) in [6.07, 6.45) is 2.50. The smallest absolute Gasteiger partial charge is 0.0107 e. The molecule has 2 rings (SSSR count). The van der Waals surface area contributed by atoms with Crippen LogP contribution >= 0.6 is 0 Å². The highest BCUT2D eigenvalue weighted by molar-refractivity contribution is 5.33. The second-order valence-electron chi connectivity index (χ2n) is 5.05. The molecule has 2 nitrogen and oxygen atoms in total. The zero-order valence-corrected chi connectivity index (χ0v) is 11.1. The van der Waals surface area contributed by atoms with E-state index in [2.05, 4.69) is 42.3 Å². The maximum Gasteiger partial charge on any atom is 0.0107 e. The Kier molecular flexibility index (Phi) is 4.57. The average molecular weight is 232 g/mol. The molecule has 0 aliphatic carbocycles. The van der Waals surface area contributed by atoms with E-state index in [-0.39, 0.29) is 0 Å². The molecule has 1 aromatic carbocycles. The van der Waals surface area contributed by atoms with E-state index in [1.54, 1.807) is 0 Å². The zero-order valence-electron chi connectivity index (χ0n) is 11.1. The maximum absolute atomic E-state index is 3.40. The lowest BCUT2D eigenvalue weighted by molar-refractivity contribution is 0.238. The summed E-state index contributed by atoms with van der Waals surface area (Å²) >= 11 is 0. The van der Waals surface area contributed by atoms with Crippen molar-refractivity contribution >= 4 is 0 Å². The Morgan fingerprint density at radius 2 is 1.94 bits per heavy atom. The summed E-state index contributed by atoms with van der Waals surface area (Å²) in [6.45, 7) is 10.4. The monoisotopic (exact) mass is 232 g/mol. The molecule has 2 heteroatoms. The molecule has 1 heterocycles. The van der Waals surface area contributed by atoms with E-state index < -0.39 is 0 Å². The van der Waals surface area contributed by atoms with Gasteiger partial charge >= 0.3 is 0 Å². The molecule has 1 saturated heterocycles. The molecule has 0 bridgehead atoms. The predicted molar refractivity (Wildman–Crippen MR) is 73.5 cm³/mol. The van der Waals surface area contributed by atoms with Gasteiger partial charge in [-0.1, -0.05) is 18.2 Å². The molecule has 0 aromatic heterocycles. The largest absolute Gasteiger partial charge is 0.314 e. The fraction of sp³-hybridized carbons (Fsp3) is 0.600. The van der Waals surface area contributed by atoms with Gasteiger partial charge in [0.15, 0.2) is 0 Å². The first kappa shape index (κ1) is 12.6. The number of hydrogen-bond donors (Lipinski definition) is 1. The summed E-state index contributed by atoms with van der Waals surface area (Å²) in [5, 5.41) is 3.40. The highest BCUT2D eigenvalue weighted by Crippen LogP contribution is 2.14. The molecule has 1 aliphatic rings. The van der Waals surface area contributed by atoms with Gasteiger partial charge in [0.05, 0.1) is 0 Å². The quantitative estimate of drug-likeness (QED) is 0.855. The van der Waals surface area contributed by atoms with Crippen molar-refractivity contribution in [1.82, 2.24) is 10.2 Å². The van der Waals surface area contributed by atoms with Crippen molar-refractivity contribution in [3.63, 3.8) is 0 Å². The van der Waals surface area contributed by atoms with Gasteiger partial charge in [-0.3, -0.25) is 0 Å². The van der Waals surface area contributed by atoms with Gasteiger partial charge in [0.25, 0.3) is 0 Å². The number of nitrogens with zero attached hydrogens (tertiary/aromatic N) is 1. The van der Waals surface area contributed by atoms with Gasteiger partial charge < -0.3 is 10.2 Å². The molecule has 0 unspecified atom stereocenters. The summed E-state index contributed by atoms with van der Waals surface area (Å²) in [4.78, 5) is 2.57. The highest BCUT2D eigenvalue weighted by atomic mass is 15.2. The summed E-state index contributed by atoms with van der Waals surface area (Å²) in [6, 6.07) is 6.66. The molecule has 17 heavy (non-hydrogen) atoms. The van der Waals surface area contributed by atoms with E-state index in [0.717, 1.165) is 13.1 Å². The molecule has 0 amide bonds.